The van der Waals surface area contributed by atoms with Gasteiger partial charge in [0.2, 0.25) is 11.8 Å². The van der Waals surface area contributed by atoms with Crippen LogP contribution in [0, 0.1) is 23.7 Å². The third kappa shape index (κ3) is 3.57. The van der Waals surface area contributed by atoms with Crippen molar-refractivity contribution in [3.63, 3.8) is 0 Å². The van der Waals surface area contributed by atoms with Crippen LogP contribution >= 0.6 is 15.9 Å². The fourth-order valence-corrected chi connectivity index (χ4v) is 3.08. The Morgan fingerprint density at radius 2 is 1.84 bits per heavy atom. The number of anilines is 2. The number of halogens is 1. The lowest BCUT2D eigenvalue weighted by Crippen LogP contribution is -2.35. The Balaban J connectivity index is 1.73. The molecule has 0 atom stereocenters. The standard InChI is InChI=1S/C19H16BrN3O2/c1-12-9-14(20)5-6-16(12)23-18(25)19(7-8-19)17(24)22-15-4-2-3-13(10-15)11-21/h2-6,9-10H,7-8H2,1H3,(H,22,24)(H,23,25). The molecule has 2 aromatic carbocycles. The van der Waals surface area contributed by atoms with Gasteiger partial charge >= 0.3 is 0 Å². The van der Waals surface area contributed by atoms with E-state index >= 15 is 0 Å². The van der Waals surface area contributed by atoms with E-state index in [9.17, 15) is 9.59 Å². The molecule has 5 nitrogen and oxygen atoms in total. The topological polar surface area (TPSA) is 82.0 Å². The van der Waals surface area contributed by atoms with Crippen molar-refractivity contribution in [2.45, 2.75) is 19.8 Å². The molecular weight excluding hydrogens is 382 g/mol. The minimum absolute atomic E-state index is 0.299. The van der Waals surface area contributed by atoms with Crippen LogP contribution in [0.25, 0.3) is 0 Å². The van der Waals surface area contributed by atoms with E-state index in [1.54, 1.807) is 24.3 Å². The fraction of sp³-hybridized carbons (Fsp3) is 0.211. The molecule has 6 heteroatoms. The molecule has 0 aromatic heterocycles. The average molecular weight is 398 g/mol. The molecule has 0 saturated heterocycles. The molecule has 0 heterocycles. The summed E-state index contributed by atoms with van der Waals surface area (Å²) in [7, 11) is 0. The maximum absolute atomic E-state index is 12.7. The minimum atomic E-state index is -1.04. The zero-order chi connectivity index (χ0) is 18.0. The Kier molecular flexibility index (Phi) is 4.60. The summed E-state index contributed by atoms with van der Waals surface area (Å²) in [5.74, 6) is -0.637. The van der Waals surface area contributed by atoms with Gasteiger partial charge < -0.3 is 10.6 Å². The summed E-state index contributed by atoms with van der Waals surface area (Å²) in [6.07, 6.45) is 1.02. The number of amides is 2. The van der Waals surface area contributed by atoms with Gasteiger partial charge in [-0.05, 0) is 61.7 Å². The summed E-state index contributed by atoms with van der Waals surface area (Å²) in [5.41, 5.74) is 1.54. The van der Waals surface area contributed by atoms with Gasteiger partial charge in [0.1, 0.15) is 5.41 Å². The lowest BCUT2D eigenvalue weighted by atomic mass is 10.0. The minimum Gasteiger partial charge on any atom is -0.325 e. The lowest BCUT2D eigenvalue weighted by molar-refractivity contribution is -0.131. The molecule has 25 heavy (non-hydrogen) atoms. The number of hydrogen-bond acceptors (Lipinski definition) is 3. The smallest absolute Gasteiger partial charge is 0.240 e. The molecule has 0 spiro atoms. The van der Waals surface area contributed by atoms with Crippen LogP contribution in [0.15, 0.2) is 46.9 Å². The van der Waals surface area contributed by atoms with Crippen LogP contribution < -0.4 is 10.6 Å². The molecule has 126 valence electrons. The quantitative estimate of drug-likeness (QED) is 0.765. The van der Waals surface area contributed by atoms with Crippen molar-refractivity contribution in [2.75, 3.05) is 10.6 Å². The predicted molar refractivity (Wildman–Crippen MR) is 99.0 cm³/mol. The van der Waals surface area contributed by atoms with Gasteiger partial charge in [-0.15, -0.1) is 0 Å². The van der Waals surface area contributed by atoms with Crippen LogP contribution in [0.1, 0.15) is 24.0 Å². The summed E-state index contributed by atoms with van der Waals surface area (Å²) < 4.78 is 0.930. The van der Waals surface area contributed by atoms with Crippen molar-refractivity contribution in [3.05, 3.63) is 58.1 Å². The van der Waals surface area contributed by atoms with Crippen molar-refractivity contribution < 1.29 is 9.59 Å². The van der Waals surface area contributed by atoms with Gasteiger partial charge in [-0.2, -0.15) is 5.26 Å². The number of aryl methyl sites for hydroxylation is 1. The molecule has 0 radical (unpaired) electrons. The van der Waals surface area contributed by atoms with E-state index in [0.29, 0.717) is 29.8 Å². The summed E-state index contributed by atoms with van der Waals surface area (Å²) in [4.78, 5) is 25.3. The zero-order valence-corrected chi connectivity index (χ0v) is 15.2. The van der Waals surface area contributed by atoms with Crippen LogP contribution in [-0.2, 0) is 9.59 Å². The Hall–Kier alpha value is -2.65. The molecule has 1 saturated carbocycles. The highest BCUT2D eigenvalue weighted by Gasteiger charge is 2.56. The number of carbonyl (C=O) groups is 2. The molecule has 0 aliphatic heterocycles. The van der Waals surface area contributed by atoms with Gasteiger partial charge in [0.15, 0.2) is 0 Å². The van der Waals surface area contributed by atoms with E-state index in [0.717, 1.165) is 10.0 Å². The van der Waals surface area contributed by atoms with Crippen LogP contribution in [0.5, 0.6) is 0 Å². The van der Waals surface area contributed by atoms with Crippen molar-refractivity contribution in [1.29, 1.82) is 5.26 Å². The molecule has 1 aliphatic carbocycles. The number of carbonyl (C=O) groups excluding carboxylic acids is 2. The predicted octanol–water partition coefficient (Wildman–Crippen LogP) is 3.99. The first-order chi connectivity index (χ1) is 11.9. The van der Waals surface area contributed by atoms with E-state index in [2.05, 4.69) is 26.6 Å². The highest BCUT2D eigenvalue weighted by Crippen LogP contribution is 2.47. The fourth-order valence-electron chi connectivity index (χ4n) is 2.61. The number of benzene rings is 2. The second-order valence-corrected chi connectivity index (χ2v) is 7.06. The normalized spacial score (nSPS) is 14.3. The Morgan fingerprint density at radius 1 is 1.12 bits per heavy atom. The van der Waals surface area contributed by atoms with Gasteiger partial charge in [-0.3, -0.25) is 9.59 Å². The van der Waals surface area contributed by atoms with E-state index in [1.165, 1.54) is 0 Å². The number of rotatable bonds is 4. The van der Waals surface area contributed by atoms with Crippen molar-refractivity contribution >= 4 is 39.1 Å². The SMILES string of the molecule is Cc1cc(Br)ccc1NC(=O)C1(C(=O)Nc2cccc(C#N)c2)CC1. The summed E-state index contributed by atoms with van der Waals surface area (Å²) >= 11 is 3.39. The maximum atomic E-state index is 12.7. The summed E-state index contributed by atoms with van der Waals surface area (Å²) in [6.45, 7) is 1.90. The lowest BCUT2D eigenvalue weighted by Gasteiger charge is -2.16. The van der Waals surface area contributed by atoms with Gasteiger partial charge in [-0.25, -0.2) is 0 Å². The van der Waals surface area contributed by atoms with Gasteiger partial charge in [0, 0.05) is 15.8 Å². The zero-order valence-electron chi connectivity index (χ0n) is 13.6. The summed E-state index contributed by atoms with van der Waals surface area (Å²) in [5, 5.41) is 14.5. The third-order valence-corrected chi connectivity index (χ3v) is 4.80. The molecule has 0 unspecified atom stereocenters. The second-order valence-electron chi connectivity index (χ2n) is 6.14. The van der Waals surface area contributed by atoms with Crippen molar-refractivity contribution in [1.82, 2.24) is 0 Å². The first kappa shape index (κ1) is 17.2. The molecular formula is C19H16BrN3O2. The monoisotopic (exact) mass is 397 g/mol. The Morgan fingerprint density at radius 3 is 2.48 bits per heavy atom. The van der Waals surface area contributed by atoms with Crippen LogP contribution in [0.3, 0.4) is 0 Å². The van der Waals surface area contributed by atoms with Crippen LogP contribution in [-0.4, -0.2) is 11.8 Å². The van der Waals surface area contributed by atoms with E-state index in [1.807, 2.05) is 31.2 Å². The highest BCUT2D eigenvalue weighted by molar-refractivity contribution is 9.10. The Labute approximate surface area is 154 Å². The molecule has 1 fully saturated rings. The second kappa shape index (κ2) is 6.69. The van der Waals surface area contributed by atoms with Gasteiger partial charge in [0.25, 0.3) is 0 Å². The van der Waals surface area contributed by atoms with Crippen molar-refractivity contribution in [3.8, 4) is 6.07 Å². The van der Waals surface area contributed by atoms with E-state index in [4.69, 9.17) is 5.26 Å². The molecule has 2 amide bonds. The van der Waals surface area contributed by atoms with Crippen molar-refractivity contribution in [2.24, 2.45) is 5.41 Å². The number of nitriles is 1. The third-order valence-electron chi connectivity index (χ3n) is 4.31. The number of nitrogens with one attached hydrogen (secondary N) is 2. The van der Waals surface area contributed by atoms with Crippen LogP contribution in [0.4, 0.5) is 11.4 Å². The largest absolute Gasteiger partial charge is 0.325 e. The molecule has 3 rings (SSSR count). The molecule has 1 aliphatic rings. The average Bonchev–Trinajstić information content (AvgIpc) is 3.39. The molecule has 2 N–H and O–H groups in total. The maximum Gasteiger partial charge on any atom is 0.240 e. The van der Waals surface area contributed by atoms with Crippen LogP contribution in [0.2, 0.25) is 0 Å². The first-order valence-corrected chi connectivity index (χ1v) is 8.63. The molecule has 0 bridgehead atoms. The molecule has 2 aromatic rings. The van der Waals surface area contributed by atoms with Gasteiger partial charge in [0.05, 0.1) is 11.6 Å². The number of nitrogens with zero attached hydrogens (tertiary/aromatic N) is 1. The first-order valence-electron chi connectivity index (χ1n) is 7.84. The highest BCUT2D eigenvalue weighted by atomic mass is 79.9. The summed E-state index contributed by atoms with van der Waals surface area (Å²) in [6, 6.07) is 14.2. The Bertz CT molecular complexity index is 898. The number of hydrogen-bond donors (Lipinski definition) is 2. The van der Waals surface area contributed by atoms with Gasteiger partial charge in [-0.1, -0.05) is 22.0 Å². The van der Waals surface area contributed by atoms with E-state index < -0.39 is 5.41 Å². The van der Waals surface area contributed by atoms with E-state index in [-0.39, 0.29) is 11.8 Å².